The maximum absolute atomic E-state index is 11.2. The minimum absolute atomic E-state index is 0.0581. The zero-order chi connectivity index (χ0) is 14.7. The molecule has 1 aromatic carbocycles. The van der Waals surface area contributed by atoms with Crippen molar-refractivity contribution in [3.63, 3.8) is 0 Å². The van der Waals surface area contributed by atoms with Crippen LogP contribution in [0.1, 0.15) is 19.4 Å². The molecule has 2 rings (SSSR count). The quantitative estimate of drug-likeness (QED) is 0.916. The van der Waals surface area contributed by atoms with Gasteiger partial charge in [0.05, 0.1) is 23.7 Å². The number of benzene rings is 1. The SMILES string of the molecule is CC(C)N(CC(N)=O)c1cc(C#N)c2ccccc2n1. The number of nitriles is 1. The third-order valence-corrected chi connectivity index (χ3v) is 3.07. The lowest BCUT2D eigenvalue weighted by Crippen LogP contribution is -2.39. The number of fused-ring (bicyclic) bond motifs is 1. The van der Waals surface area contributed by atoms with E-state index < -0.39 is 5.91 Å². The van der Waals surface area contributed by atoms with Gasteiger partial charge in [-0.05, 0) is 26.0 Å². The number of anilines is 1. The third-order valence-electron chi connectivity index (χ3n) is 3.07. The number of pyridine rings is 1. The van der Waals surface area contributed by atoms with Crippen LogP contribution in [0.15, 0.2) is 30.3 Å². The summed E-state index contributed by atoms with van der Waals surface area (Å²) in [6, 6.07) is 11.4. The van der Waals surface area contributed by atoms with Crippen LogP contribution in [0.25, 0.3) is 10.9 Å². The number of aromatic nitrogens is 1. The maximum atomic E-state index is 11.2. The molecule has 0 aliphatic carbocycles. The Kier molecular flexibility index (Phi) is 3.85. The molecule has 0 spiro atoms. The minimum Gasteiger partial charge on any atom is -0.368 e. The molecule has 0 aliphatic rings. The first-order valence-corrected chi connectivity index (χ1v) is 6.37. The number of amides is 1. The van der Waals surface area contributed by atoms with E-state index in [1.165, 1.54) is 0 Å². The predicted molar refractivity (Wildman–Crippen MR) is 78.1 cm³/mol. The number of carbonyl (C=O) groups excluding carboxylic acids is 1. The van der Waals surface area contributed by atoms with Crippen molar-refractivity contribution in [2.45, 2.75) is 19.9 Å². The second-order valence-electron chi connectivity index (χ2n) is 4.84. The molecule has 20 heavy (non-hydrogen) atoms. The molecule has 5 nitrogen and oxygen atoms in total. The van der Waals surface area contributed by atoms with E-state index in [0.717, 1.165) is 10.9 Å². The highest BCUT2D eigenvalue weighted by Crippen LogP contribution is 2.23. The Balaban J connectivity index is 2.59. The molecule has 0 saturated carbocycles. The summed E-state index contributed by atoms with van der Waals surface area (Å²) in [5.41, 5.74) is 6.55. The van der Waals surface area contributed by atoms with Crippen molar-refractivity contribution in [3.05, 3.63) is 35.9 Å². The second kappa shape index (κ2) is 5.57. The summed E-state index contributed by atoms with van der Waals surface area (Å²) in [4.78, 5) is 17.5. The van der Waals surface area contributed by atoms with Gasteiger partial charge in [-0.2, -0.15) is 5.26 Å². The normalized spacial score (nSPS) is 10.5. The van der Waals surface area contributed by atoms with E-state index in [9.17, 15) is 10.1 Å². The van der Waals surface area contributed by atoms with Crippen LogP contribution in [-0.4, -0.2) is 23.5 Å². The number of hydrogen-bond donors (Lipinski definition) is 1. The first-order valence-electron chi connectivity index (χ1n) is 6.37. The number of nitrogens with two attached hydrogens (primary N) is 1. The molecule has 0 aliphatic heterocycles. The Morgan fingerprint density at radius 2 is 2.15 bits per heavy atom. The van der Waals surface area contributed by atoms with Gasteiger partial charge in [0, 0.05) is 11.4 Å². The Morgan fingerprint density at radius 3 is 2.75 bits per heavy atom. The van der Waals surface area contributed by atoms with E-state index in [1.807, 2.05) is 38.1 Å². The monoisotopic (exact) mass is 268 g/mol. The minimum atomic E-state index is -0.424. The highest BCUT2D eigenvalue weighted by atomic mass is 16.1. The summed E-state index contributed by atoms with van der Waals surface area (Å²) in [6.45, 7) is 3.98. The average Bonchev–Trinajstić information content (AvgIpc) is 2.43. The number of para-hydroxylation sites is 1. The van der Waals surface area contributed by atoms with Crippen molar-refractivity contribution >= 4 is 22.6 Å². The summed E-state index contributed by atoms with van der Waals surface area (Å²) in [5, 5.41) is 10.1. The molecule has 1 heterocycles. The fourth-order valence-corrected chi connectivity index (χ4v) is 2.10. The van der Waals surface area contributed by atoms with Crippen molar-refractivity contribution in [3.8, 4) is 6.07 Å². The molecule has 0 atom stereocenters. The molecule has 0 bridgehead atoms. The van der Waals surface area contributed by atoms with Gasteiger partial charge in [0.2, 0.25) is 5.91 Å². The van der Waals surface area contributed by atoms with Crippen LogP contribution in [0.2, 0.25) is 0 Å². The molecule has 102 valence electrons. The predicted octanol–water partition coefficient (Wildman–Crippen LogP) is 1.81. The second-order valence-corrected chi connectivity index (χ2v) is 4.84. The summed E-state index contributed by atoms with van der Waals surface area (Å²) in [7, 11) is 0. The first kappa shape index (κ1) is 13.8. The standard InChI is InChI=1S/C15H16N4O/c1-10(2)19(9-14(17)20)15-7-11(8-16)12-5-3-4-6-13(12)18-15/h3-7,10H,9H2,1-2H3,(H2,17,20). The van der Waals surface area contributed by atoms with Crippen LogP contribution in [-0.2, 0) is 4.79 Å². The van der Waals surface area contributed by atoms with Crippen LogP contribution in [0.5, 0.6) is 0 Å². The molecule has 5 heteroatoms. The number of rotatable bonds is 4. The Hall–Kier alpha value is -2.61. The largest absolute Gasteiger partial charge is 0.368 e. The summed E-state index contributed by atoms with van der Waals surface area (Å²) in [6.07, 6.45) is 0. The van der Waals surface area contributed by atoms with Gasteiger partial charge in [-0.1, -0.05) is 18.2 Å². The van der Waals surface area contributed by atoms with Gasteiger partial charge in [0.1, 0.15) is 5.82 Å². The molecular formula is C15H16N4O. The van der Waals surface area contributed by atoms with E-state index in [-0.39, 0.29) is 12.6 Å². The average molecular weight is 268 g/mol. The molecule has 0 unspecified atom stereocenters. The number of primary amides is 1. The van der Waals surface area contributed by atoms with Gasteiger partial charge in [0.25, 0.3) is 0 Å². The molecule has 0 radical (unpaired) electrons. The molecule has 0 saturated heterocycles. The van der Waals surface area contributed by atoms with Crippen molar-refractivity contribution in [1.82, 2.24) is 4.98 Å². The molecular weight excluding hydrogens is 252 g/mol. The van der Waals surface area contributed by atoms with Crippen molar-refractivity contribution in [2.75, 3.05) is 11.4 Å². The Labute approximate surface area is 117 Å². The van der Waals surface area contributed by atoms with Gasteiger partial charge in [0.15, 0.2) is 0 Å². The lowest BCUT2D eigenvalue weighted by Gasteiger charge is -2.26. The number of nitrogens with zero attached hydrogens (tertiary/aromatic N) is 3. The fourth-order valence-electron chi connectivity index (χ4n) is 2.10. The van der Waals surface area contributed by atoms with Crippen LogP contribution in [0.3, 0.4) is 0 Å². The molecule has 1 amide bonds. The lowest BCUT2D eigenvalue weighted by atomic mass is 10.1. The van der Waals surface area contributed by atoms with Gasteiger partial charge in [-0.15, -0.1) is 0 Å². The van der Waals surface area contributed by atoms with E-state index in [2.05, 4.69) is 11.1 Å². The smallest absolute Gasteiger partial charge is 0.237 e. The van der Waals surface area contributed by atoms with E-state index in [4.69, 9.17) is 5.73 Å². The highest BCUT2D eigenvalue weighted by Gasteiger charge is 2.16. The summed E-state index contributed by atoms with van der Waals surface area (Å²) >= 11 is 0. The van der Waals surface area contributed by atoms with Gasteiger partial charge in [-0.3, -0.25) is 4.79 Å². The third kappa shape index (κ3) is 2.69. The van der Waals surface area contributed by atoms with Gasteiger partial charge in [-0.25, -0.2) is 4.98 Å². The highest BCUT2D eigenvalue weighted by molar-refractivity contribution is 5.87. The number of hydrogen-bond acceptors (Lipinski definition) is 4. The fraction of sp³-hybridized carbons (Fsp3) is 0.267. The van der Waals surface area contributed by atoms with E-state index >= 15 is 0 Å². The summed E-state index contributed by atoms with van der Waals surface area (Å²) < 4.78 is 0. The van der Waals surface area contributed by atoms with Crippen LogP contribution < -0.4 is 10.6 Å². The van der Waals surface area contributed by atoms with Gasteiger partial charge < -0.3 is 10.6 Å². The van der Waals surface area contributed by atoms with Crippen LogP contribution >= 0.6 is 0 Å². The lowest BCUT2D eigenvalue weighted by molar-refractivity contribution is -0.116. The zero-order valence-corrected chi connectivity index (χ0v) is 11.5. The maximum Gasteiger partial charge on any atom is 0.237 e. The Bertz CT molecular complexity index is 688. The topological polar surface area (TPSA) is 83.0 Å². The van der Waals surface area contributed by atoms with E-state index in [1.54, 1.807) is 11.0 Å². The van der Waals surface area contributed by atoms with Crippen molar-refractivity contribution in [1.29, 1.82) is 5.26 Å². The van der Waals surface area contributed by atoms with Crippen molar-refractivity contribution < 1.29 is 4.79 Å². The molecule has 2 aromatic rings. The zero-order valence-electron chi connectivity index (χ0n) is 11.5. The van der Waals surface area contributed by atoms with Crippen molar-refractivity contribution in [2.24, 2.45) is 5.73 Å². The van der Waals surface area contributed by atoms with Crippen LogP contribution in [0, 0.1) is 11.3 Å². The molecule has 2 N–H and O–H groups in total. The summed E-state index contributed by atoms with van der Waals surface area (Å²) in [5.74, 6) is 0.168. The number of carbonyl (C=O) groups is 1. The molecule has 0 fully saturated rings. The van der Waals surface area contributed by atoms with E-state index in [0.29, 0.717) is 11.4 Å². The van der Waals surface area contributed by atoms with Gasteiger partial charge >= 0.3 is 0 Å². The molecule has 1 aromatic heterocycles. The first-order chi connectivity index (χ1) is 9.52. The van der Waals surface area contributed by atoms with Crippen LogP contribution in [0.4, 0.5) is 5.82 Å². The Morgan fingerprint density at radius 1 is 1.45 bits per heavy atom.